The van der Waals surface area contributed by atoms with Gasteiger partial charge in [0.15, 0.2) is 0 Å². The molecule has 0 aromatic heterocycles. The second-order valence-electron chi connectivity index (χ2n) is 5.43. The number of nitrogens with zero attached hydrogens (tertiary/aromatic N) is 1. The van der Waals surface area contributed by atoms with Crippen LogP contribution in [0.1, 0.15) is 25.8 Å². The molecule has 1 aliphatic heterocycles. The number of benzene rings is 1. The van der Waals surface area contributed by atoms with Crippen molar-refractivity contribution >= 4 is 33.5 Å². The van der Waals surface area contributed by atoms with E-state index in [-0.39, 0.29) is 12.3 Å². The Morgan fingerprint density at radius 1 is 1.47 bits per heavy atom. The van der Waals surface area contributed by atoms with E-state index >= 15 is 0 Å². The van der Waals surface area contributed by atoms with Crippen LogP contribution in [0.3, 0.4) is 0 Å². The number of carboxylic acids is 1. The van der Waals surface area contributed by atoms with Crippen LogP contribution in [0, 0.1) is 12.8 Å². The number of amides is 1. The average Bonchev–Trinajstić information content (AvgIpc) is 2.51. The molecule has 4 nitrogen and oxygen atoms in total. The predicted octanol–water partition coefficient (Wildman–Crippen LogP) is 2.97. The first-order valence-corrected chi connectivity index (χ1v) is 6.86. The van der Waals surface area contributed by atoms with Crippen molar-refractivity contribution in [2.45, 2.75) is 32.7 Å². The number of aliphatic carboxylic acids is 1. The van der Waals surface area contributed by atoms with Gasteiger partial charge in [-0.2, -0.15) is 0 Å². The highest BCUT2D eigenvalue weighted by molar-refractivity contribution is 9.10. The van der Waals surface area contributed by atoms with Crippen LogP contribution in [0.5, 0.6) is 0 Å². The molecular formula is C14H16BrNO3. The van der Waals surface area contributed by atoms with Crippen molar-refractivity contribution < 1.29 is 14.7 Å². The lowest BCUT2D eigenvalue weighted by molar-refractivity contribution is -0.143. The first kappa shape index (κ1) is 14.1. The number of rotatable bonds is 2. The van der Waals surface area contributed by atoms with Crippen LogP contribution < -0.4 is 4.90 Å². The summed E-state index contributed by atoms with van der Waals surface area (Å²) in [6, 6.07) is 5.69. The third kappa shape index (κ3) is 2.27. The molecule has 1 unspecified atom stereocenters. The van der Waals surface area contributed by atoms with Crippen LogP contribution >= 0.6 is 15.9 Å². The highest BCUT2D eigenvalue weighted by Gasteiger charge is 2.50. The molecule has 0 spiro atoms. The second-order valence-corrected chi connectivity index (χ2v) is 6.29. The van der Waals surface area contributed by atoms with E-state index in [2.05, 4.69) is 15.9 Å². The third-order valence-electron chi connectivity index (χ3n) is 3.70. The van der Waals surface area contributed by atoms with Crippen molar-refractivity contribution in [3.63, 3.8) is 0 Å². The van der Waals surface area contributed by atoms with E-state index in [1.54, 1.807) is 18.7 Å². The summed E-state index contributed by atoms with van der Waals surface area (Å²) in [5.74, 6) is -1.76. The maximum Gasteiger partial charge on any atom is 0.309 e. The van der Waals surface area contributed by atoms with Crippen molar-refractivity contribution in [2.75, 3.05) is 4.90 Å². The van der Waals surface area contributed by atoms with Gasteiger partial charge in [-0.3, -0.25) is 9.59 Å². The maximum absolute atomic E-state index is 12.2. The first-order valence-electron chi connectivity index (χ1n) is 6.07. The molecule has 1 aromatic rings. The van der Waals surface area contributed by atoms with Gasteiger partial charge in [-0.15, -0.1) is 0 Å². The van der Waals surface area contributed by atoms with Crippen LogP contribution in [0.25, 0.3) is 0 Å². The quantitative estimate of drug-likeness (QED) is 0.909. The first-order chi connectivity index (χ1) is 8.75. The van der Waals surface area contributed by atoms with Crippen molar-refractivity contribution in [1.82, 2.24) is 0 Å². The van der Waals surface area contributed by atoms with E-state index in [4.69, 9.17) is 0 Å². The summed E-state index contributed by atoms with van der Waals surface area (Å²) in [6.07, 6.45) is 0.0443. The van der Waals surface area contributed by atoms with Crippen LogP contribution in [0.4, 0.5) is 5.69 Å². The van der Waals surface area contributed by atoms with Gasteiger partial charge in [0, 0.05) is 10.9 Å². The number of carbonyl (C=O) groups is 2. The summed E-state index contributed by atoms with van der Waals surface area (Å²) in [5.41, 5.74) is 1.07. The van der Waals surface area contributed by atoms with Crippen LogP contribution in [0.2, 0.25) is 0 Å². The minimum absolute atomic E-state index is 0.0443. The molecule has 1 saturated heterocycles. The Bertz CT molecular complexity index is 554. The molecule has 0 aliphatic carbocycles. The summed E-state index contributed by atoms with van der Waals surface area (Å²) in [7, 11) is 0. The fraction of sp³-hybridized carbons (Fsp3) is 0.429. The Morgan fingerprint density at radius 3 is 2.58 bits per heavy atom. The van der Waals surface area contributed by atoms with Gasteiger partial charge >= 0.3 is 5.97 Å². The highest BCUT2D eigenvalue weighted by Crippen LogP contribution is 2.42. The average molecular weight is 326 g/mol. The van der Waals surface area contributed by atoms with E-state index in [1.165, 1.54) is 0 Å². The van der Waals surface area contributed by atoms with Crippen molar-refractivity contribution in [2.24, 2.45) is 5.92 Å². The zero-order valence-electron chi connectivity index (χ0n) is 11.1. The molecule has 1 heterocycles. The molecule has 5 heteroatoms. The second kappa shape index (κ2) is 4.63. The molecular weight excluding hydrogens is 310 g/mol. The molecule has 0 saturated carbocycles. The van der Waals surface area contributed by atoms with Crippen molar-refractivity contribution in [3.05, 3.63) is 28.2 Å². The van der Waals surface area contributed by atoms with Gasteiger partial charge in [0.2, 0.25) is 5.91 Å². The van der Waals surface area contributed by atoms with Gasteiger partial charge in [-0.1, -0.05) is 6.07 Å². The van der Waals surface area contributed by atoms with Gasteiger partial charge in [0.1, 0.15) is 0 Å². The number of carbonyl (C=O) groups excluding carboxylic acids is 1. The van der Waals surface area contributed by atoms with E-state index in [1.807, 2.05) is 25.1 Å². The predicted molar refractivity (Wildman–Crippen MR) is 76.2 cm³/mol. The van der Waals surface area contributed by atoms with Crippen LogP contribution in [-0.4, -0.2) is 22.5 Å². The normalized spacial score (nSPS) is 21.8. The molecule has 1 aromatic carbocycles. The monoisotopic (exact) mass is 325 g/mol. The molecule has 19 heavy (non-hydrogen) atoms. The number of anilines is 1. The largest absolute Gasteiger partial charge is 0.481 e. The lowest BCUT2D eigenvalue weighted by Crippen LogP contribution is -2.46. The number of halogens is 1. The molecule has 1 atom stereocenters. The zero-order chi connectivity index (χ0) is 14.4. The van der Waals surface area contributed by atoms with Crippen LogP contribution in [-0.2, 0) is 9.59 Å². The van der Waals surface area contributed by atoms with Gasteiger partial charge in [-0.05, 0) is 54.4 Å². The minimum Gasteiger partial charge on any atom is -0.481 e. The molecule has 2 rings (SSSR count). The molecule has 102 valence electrons. The molecule has 1 fully saturated rings. The Morgan fingerprint density at radius 2 is 2.11 bits per heavy atom. The van der Waals surface area contributed by atoms with E-state index < -0.39 is 17.4 Å². The molecule has 1 N–H and O–H groups in total. The van der Waals surface area contributed by atoms with E-state index in [0.717, 1.165) is 15.7 Å². The lowest BCUT2D eigenvalue weighted by Gasteiger charge is -2.35. The molecule has 0 bridgehead atoms. The Hall–Kier alpha value is -1.36. The number of hydrogen-bond acceptors (Lipinski definition) is 2. The summed E-state index contributed by atoms with van der Waals surface area (Å²) in [4.78, 5) is 25.1. The van der Waals surface area contributed by atoms with Gasteiger partial charge in [0.25, 0.3) is 0 Å². The topological polar surface area (TPSA) is 57.6 Å². The van der Waals surface area contributed by atoms with Crippen molar-refractivity contribution in [3.8, 4) is 0 Å². The third-order valence-corrected chi connectivity index (χ3v) is 4.33. The molecule has 1 aliphatic rings. The Labute approximate surface area is 120 Å². The number of carboxylic acid groups (broad SMARTS) is 1. The fourth-order valence-corrected chi connectivity index (χ4v) is 3.29. The van der Waals surface area contributed by atoms with E-state index in [9.17, 15) is 14.7 Å². The summed E-state index contributed by atoms with van der Waals surface area (Å²) < 4.78 is 0.806. The van der Waals surface area contributed by atoms with Gasteiger partial charge in [0.05, 0.1) is 17.1 Å². The molecule has 1 amide bonds. The maximum atomic E-state index is 12.2. The highest BCUT2D eigenvalue weighted by atomic mass is 79.9. The van der Waals surface area contributed by atoms with Gasteiger partial charge in [-0.25, -0.2) is 0 Å². The molecule has 0 radical (unpaired) electrons. The van der Waals surface area contributed by atoms with Crippen LogP contribution in [0.15, 0.2) is 22.7 Å². The van der Waals surface area contributed by atoms with Crippen molar-refractivity contribution in [1.29, 1.82) is 0 Å². The Balaban J connectivity index is 2.49. The lowest BCUT2D eigenvalue weighted by atomic mass is 9.88. The standard InChI is InChI=1S/C14H16BrNO3/c1-8-4-5-11(10(15)6-8)16-12(17)7-9(13(18)19)14(16,2)3/h4-6,9H,7H2,1-3H3,(H,18,19). The number of aryl methyl sites for hydroxylation is 1. The fourth-order valence-electron chi connectivity index (χ4n) is 2.62. The SMILES string of the molecule is Cc1ccc(N2C(=O)CC(C(=O)O)C2(C)C)c(Br)c1. The van der Waals surface area contributed by atoms with Gasteiger partial charge < -0.3 is 10.0 Å². The Kier molecular flexibility index (Phi) is 3.43. The smallest absolute Gasteiger partial charge is 0.309 e. The summed E-state index contributed by atoms with van der Waals surface area (Å²) in [5, 5.41) is 9.25. The number of hydrogen-bond donors (Lipinski definition) is 1. The summed E-state index contributed by atoms with van der Waals surface area (Å²) in [6.45, 7) is 5.55. The summed E-state index contributed by atoms with van der Waals surface area (Å²) >= 11 is 3.45. The van der Waals surface area contributed by atoms with E-state index in [0.29, 0.717) is 0 Å². The zero-order valence-corrected chi connectivity index (χ0v) is 12.7. The minimum atomic E-state index is -0.927.